The summed E-state index contributed by atoms with van der Waals surface area (Å²) >= 11 is 0. The highest BCUT2D eigenvalue weighted by Crippen LogP contribution is 2.19. The molecule has 21 heavy (non-hydrogen) atoms. The highest BCUT2D eigenvalue weighted by Gasteiger charge is 2.10. The molecule has 0 amide bonds. The number of nitrogens with one attached hydrogen (secondary N) is 1. The highest BCUT2D eigenvalue weighted by molar-refractivity contribution is 5.21. The Balaban J connectivity index is 2.42. The van der Waals surface area contributed by atoms with E-state index in [2.05, 4.69) is 44.1 Å². The molecule has 2 atom stereocenters. The molecule has 2 unspecified atom stereocenters. The topological polar surface area (TPSA) is 34.1 Å². The summed E-state index contributed by atoms with van der Waals surface area (Å²) in [5.74, 6) is 0.882. The van der Waals surface area contributed by atoms with E-state index in [1.54, 1.807) is 0 Å². The molecule has 0 aliphatic heterocycles. The second-order valence-electron chi connectivity index (χ2n) is 5.72. The van der Waals surface area contributed by atoms with Crippen LogP contribution in [0, 0.1) is 0 Å². The smallest absolute Gasteiger partial charge is 0.138 e. The third kappa shape index (κ3) is 6.94. The molecule has 0 aliphatic rings. The molecule has 0 aliphatic carbocycles. The van der Waals surface area contributed by atoms with Gasteiger partial charge in [-0.05, 0) is 44.9 Å². The molecule has 1 rings (SSSR count). The summed E-state index contributed by atoms with van der Waals surface area (Å²) in [5, 5.41) is 3.45. The van der Waals surface area contributed by atoms with Crippen LogP contribution in [0.2, 0.25) is 0 Å². The lowest BCUT2D eigenvalue weighted by atomic mass is 10.1. The predicted molar refractivity (Wildman–Crippen MR) is 89.8 cm³/mol. The van der Waals surface area contributed by atoms with Crippen LogP contribution >= 0.6 is 0 Å². The number of unbranched alkanes of at least 4 members (excludes halogenated alkanes) is 3. The van der Waals surface area contributed by atoms with Crippen LogP contribution in [0.15, 0.2) is 18.3 Å². The monoisotopic (exact) mass is 292 g/mol. The zero-order chi connectivity index (χ0) is 15.5. The quantitative estimate of drug-likeness (QED) is 0.590. The Morgan fingerprint density at radius 3 is 2.52 bits per heavy atom. The largest absolute Gasteiger partial charge is 0.489 e. The van der Waals surface area contributed by atoms with E-state index in [1.807, 2.05) is 12.3 Å². The fraction of sp³-hybridized carbons (Fsp3) is 0.722. The molecule has 0 bridgehead atoms. The number of hydrogen-bond donors (Lipinski definition) is 1. The first-order valence-electron chi connectivity index (χ1n) is 8.57. The second kappa shape index (κ2) is 10.6. The Kier molecular flexibility index (Phi) is 9.07. The van der Waals surface area contributed by atoms with Crippen molar-refractivity contribution < 1.29 is 4.74 Å². The lowest BCUT2D eigenvalue weighted by Crippen LogP contribution is -2.21. The summed E-state index contributed by atoms with van der Waals surface area (Å²) in [6, 6.07) is 4.47. The third-order valence-electron chi connectivity index (χ3n) is 3.78. The number of ether oxygens (including phenoxy) is 1. The second-order valence-corrected chi connectivity index (χ2v) is 5.72. The number of aromatic nitrogens is 1. The summed E-state index contributed by atoms with van der Waals surface area (Å²) in [6.45, 7) is 9.66. The van der Waals surface area contributed by atoms with Crippen LogP contribution in [0.3, 0.4) is 0 Å². The molecule has 1 N–H and O–H groups in total. The Morgan fingerprint density at radius 1 is 1.14 bits per heavy atom. The number of hydrogen-bond acceptors (Lipinski definition) is 3. The van der Waals surface area contributed by atoms with Crippen molar-refractivity contribution >= 4 is 0 Å². The van der Waals surface area contributed by atoms with Crippen molar-refractivity contribution in [2.45, 2.75) is 78.4 Å². The van der Waals surface area contributed by atoms with Gasteiger partial charge in [-0.15, -0.1) is 0 Å². The molecule has 0 spiro atoms. The minimum absolute atomic E-state index is 0.269. The van der Waals surface area contributed by atoms with Crippen molar-refractivity contribution in [2.24, 2.45) is 0 Å². The molecular formula is C18H32N2O. The molecule has 120 valence electrons. The van der Waals surface area contributed by atoms with Crippen LogP contribution < -0.4 is 10.1 Å². The van der Waals surface area contributed by atoms with E-state index in [9.17, 15) is 0 Å². The maximum atomic E-state index is 5.94. The van der Waals surface area contributed by atoms with Gasteiger partial charge in [-0.3, -0.25) is 4.98 Å². The number of nitrogens with zero attached hydrogens (tertiary/aromatic N) is 1. The van der Waals surface area contributed by atoms with E-state index in [0.717, 1.165) is 30.8 Å². The Bertz CT molecular complexity index is 364. The first-order chi connectivity index (χ1) is 10.2. The number of rotatable bonds is 11. The van der Waals surface area contributed by atoms with E-state index in [0.29, 0.717) is 6.04 Å². The summed E-state index contributed by atoms with van der Waals surface area (Å²) in [5.41, 5.74) is 1.10. The molecule has 1 aromatic rings. The van der Waals surface area contributed by atoms with Crippen molar-refractivity contribution in [2.75, 3.05) is 6.54 Å². The first-order valence-corrected chi connectivity index (χ1v) is 8.57. The van der Waals surface area contributed by atoms with Crippen molar-refractivity contribution in [3.05, 3.63) is 24.0 Å². The maximum absolute atomic E-state index is 5.94. The summed E-state index contributed by atoms with van der Waals surface area (Å²) in [7, 11) is 0. The molecule has 3 heteroatoms. The number of pyridine rings is 1. The lowest BCUT2D eigenvalue weighted by molar-refractivity contribution is 0.205. The Morgan fingerprint density at radius 2 is 1.95 bits per heavy atom. The molecule has 0 radical (unpaired) electrons. The molecule has 3 nitrogen and oxygen atoms in total. The van der Waals surface area contributed by atoms with Gasteiger partial charge in [0.2, 0.25) is 0 Å². The van der Waals surface area contributed by atoms with Crippen LogP contribution in [-0.4, -0.2) is 17.6 Å². The maximum Gasteiger partial charge on any atom is 0.138 e. The zero-order valence-corrected chi connectivity index (χ0v) is 14.2. The van der Waals surface area contributed by atoms with Gasteiger partial charge in [0.15, 0.2) is 0 Å². The van der Waals surface area contributed by atoms with Crippen LogP contribution in [0.1, 0.15) is 78.0 Å². The van der Waals surface area contributed by atoms with Crippen molar-refractivity contribution in [1.82, 2.24) is 10.3 Å². The normalized spacial score (nSPS) is 13.9. The Labute approximate surface area is 130 Å². The van der Waals surface area contributed by atoms with Gasteiger partial charge in [0.25, 0.3) is 0 Å². The molecule has 1 heterocycles. The zero-order valence-electron chi connectivity index (χ0n) is 14.2. The standard InChI is InChI=1S/C18H32N2O/c1-5-8-9-10-11-15(4)21-16-12-13-18(20-14-16)17(6-2)19-7-3/h12-15,17,19H,5-11H2,1-4H3. The molecule has 1 aromatic heterocycles. The van der Waals surface area contributed by atoms with Gasteiger partial charge in [-0.1, -0.05) is 40.0 Å². The van der Waals surface area contributed by atoms with Gasteiger partial charge in [0, 0.05) is 6.04 Å². The van der Waals surface area contributed by atoms with Gasteiger partial charge in [0.05, 0.1) is 18.0 Å². The van der Waals surface area contributed by atoms with E-state index in [4.69, 9.17) is 4.74 Å². The molecule has 0 fully saturated rings. The van der Waals surface area contributed by atoms with Gasteiger partial charge < -0.3 is 10.1 Å². The van der Waals surface area contributed by atoms with Gasteiger partial charge >= 0.3 is 0 Å². The third-order valence-corrected chi connectivity index (χ3v) is 3.78. The molecule has 0 saturated carbocycles. The summed E-state index contributed by atoms with van der Waals surface area (Å²) in [6.07, 6.45) is 9.46. The fourth-order valence-electron chi connectivity index (χ4n) is 2.52. The predicted octanol–water partition coefficient (Wildman–Crippen LogP) is 4.88. The average molecular weight is 292 g/mol. The first kappa shape index (κ1) is 18.0. The van der Waals surface area contributed by atoms with Crippen LogP contribution in [0.5, 0.6) is 5.75 Å². The van der Waals surface area contributed by atoms with Gasteiger partial charge in [0.1, 0.15) is 5.75 Å². The van der Waals surface area contributed by atoms with E-state index in [-0.39, 0.29) is 6.10 Å². The van der Waals surface area contributed by atoms with E-state index >= 15 is 0 Å². The van der Waals surface area contributed by atoms with Crippen molar-refractivity contribution in [3.8, 4) is 5.75 Å². The lowest BCUT2D eigenvalue weighted by Gasteiger charge is -2.17. The van der Waals surface area contributed by atoms with Crippen LogP contribution in [0.25, 0.3) is 0 Å². The minimum Gasteiger partial charge on any atom is -0.489 e. The van der Waals surface area contributed by atoms with Crippen LogP contribution in [0.4, 0.5) is 0 Å². The van der Waals surface area contributed by atoms with E-state index < -0.39 is 0 Å². The molecular weight excluding hydrogens is 260 g/mol. The minimum atomic E-state index is 0.269. The Hall–Kier alpha value is -1.09. The van der Waals surface area contributed by atoms with Crippen molar-refractivity contribution in [1.29, 1.82) is 0 Å². The molecule has 0 aromatic carbocycles. The van der Waals surface area contributed by atoms with Gasteiger partial charge in [-0.2, -0.15) is 0 Å². The average Bonchev–Trinajstić information content (AvgIpc) is 2.50. The summed E-state index contributed by atoms with van der Waals surface area (Å²) < 4.78 is 5.94. The van der Waals surface area contributed by atoms with E-state index in [1.165, 1.54) is 25.7 Å². The highest BCUT2D eigenvalue weighted by atomic mass is 16.5. The summed E-state index contributed by atoms with van der Waals surface area (Å²) in [4.78, 5) is 4.54. The van der Waals surface area contributed by atoms with Gasteiger partial charge in [-0.25, -0.2) is 0 Å². The molecule has 0 saturated heterocycles. The fourth-order valence-corrected chi connectivity index (χ4v) is 2.52. The van der Waals surface area contributed by atoms with Crippen molar-refractivity contribution in [3.63, 3.8) is 0 Å². The van der Waals surface area contributed by atoms with Crippen LogP contribution in [-0.2, 0) is 0 Å². The SMILES string of the molecule is CCCCCCC(C)Oc1ccc(C(CC)NCC)nc1.